The monoisotopic (exact) mass is 139 g/mol. The van der Waals surface area contributed by atoms with Crippen LogP contribution in [0.2, 0.25) is 0 Å². The zero-order chi connectivity index (χ0) is 8.15. The molecule has 0 aliphatic carbocycles. The van der Waals surface area contributed by atoms with Crippen molar-refractivity contribution < 1.29 is 0 Å². The first-order valence-electron chi connectivity index (χ1n) is 3.89. The van der Waals surface area contributed by atoms with Gasteiger partial charge in [-0.25, -0.2) is 0 Å². The van der Waals surface area contributed by atoms with Crippen molar-refractivity contribution in [3.8, 4) is 0 Å². The molecule has 0 unspecified atom stereocenters. The van der Waals surface area contributed by atoms with Crippen LogP contribution in [0.4, 0.5) is 0 Å². The largest absolute Gasteiger partial charge is 0.285 e. The van der Waals surface area contributed by atoms with E-state index in [0.29, 0.717) is 0 Å². The van der Waals surface area contributed by atoms with Crippen LogP contribution in [-0.4, -0.2) is 12.3 Å². The number of nitrogens with zero attached hydrogens (tertiary/aromatic N) is 1. The van der Waals surface area contributed by atoms with Crippen LogP contribution < -0.4 is 0 Å². The number of aliphatic imine (C=N–C) groups is 1. The van der Waals surface area contributed by atoms with Gasteiger partial charge in [-0.2, -0.15) is 0 Å². The zero-order valence-electron chi connectivity index (χ0n) is 7.65. The van der Waals surface area contributed by atoms with Gasteiger partial charge >= 0.3 is 0 Å². The molecule has 1 heterocycles. The summed E-state index contributed by atoms with van der Waals surface area (Å²) in [5, 5.41) is 0. The maximum atomic E-state index is 4.24. The van der Waals surface area contributed by atoms with Crippen molar-refractivity contribution in [1.29, 1.82) is 0 Å². The molecule has 1 aliphatic rings. The van der Waals surface area contributed by atoms with Gasteiger partial charge in [0.2, 0.25) is 0 Å². The van der Waals surface area contributed by atoms with Gasteiger partial charge < -0.3 is 0 Å². The van der Waals surface area contributed by atoms with Gasteiger partial charge in [0.25, 0.3) is 0 Å². The number of rotatable bonds is 0. The molecular formula is C9H17N. The zero-order valence-corrected chi connectivity index (χ0v) is 7.65. The third-order valence-electron chi connectivity index (χ3n) is 1.74. The fourth-order valence-corrected chi connectivity index (χ4v) is 0.783. The molecule has 58 valence electrons. The van der Waals surface area contributed by atoms with Gasteiger partial charge in [0, 0.05) is 5.71 Å². The minimum atomic E-state index is 0.928. The Morgan fingerprint density at radius 2 is 1.60 bits per heavy atom. The highest BCUT2D eigenvalue weighted by Crippen LogP contribution is 2.12. The van der Waals surface area contributed by atoms with E-state index in [9.17, 15) is 0 Å². The van der Waals surface area contributed by atoms with E-state index in [1.54, 1.807) is 0 Å². The van der Waals surface area contributed by atoms with E-state index in [1.165, 1.54) is 16.9 Å². The number of hydrogen-bond donors (Lipinski definition) is 0. The topological polar surface area (TPSA) is 12.4 Å². The lowest BCUT2D eigenvalue weighted by atomic mass is 10.1. The highest BCUT2D eigenvalue weighted by atomic mass is 14.8. The van der Waals surface area contributed by atoms with Crippen LogP contribution >= 0.6 is 0 Å². The van der Waals surface area contributed by atoms with Gasteiger partial charge in [0.1, 0.15) is 0 Å². The van der Waals surface area contributed by atoms with E-state index in [2.05, 4.69) is 25.8 Å². The van der Waals surface area contributed by atoms with Crippen LogP contribution in [0.25, 0.3) is 0 Å². The molecule has 1 rings (SSSR count). The first kappa shape index (κ1) is 9.41. The lowest BCUT2D eigenvalue weighted by Crippen LogP contribution is -1.86. The molecule has 0 bridgehead atoms. The standard InChI is InChI=1S/C7H11N.C2H6/c1-5-4-8-7(3)6(5)2;1-2/h4H2,1-3H3;1-2H3. The van der Waals surface area contributed by atoms with E-state index in [-0.39, 0.29) is 0 Å². The van der Waals surface area contributed by atoms with Crippen LogP contribution in [0.1, 0.15) is 34.6 Å². The Bertz CT molecular complexity index is 158. The van der Waals surface area contributed by atoms with E-state index >= 15 is 0 Å². The molecule has 0 aromatic carbocycles. The Balaban J connectivity index is 0.000000371. The lowest BCUT2D eigenvalue weighted by molar-refractivity contribution is 1.16. The summed E-state index contributed by atoms with van der Waals surface area (Å²) in [5.41, 5.74) is 4.01. The molecule has 0 radical (unpaired) electrons. The first-order chi connectivity index (χ1) is 4.72. The lowest BCUT2D eigenvalue weighted by Gasteiger charge is -1.90. The summed E-state index contributed by atoms with van der Waals surface area (Å²) in [6.07, 6.45) is 0. The molecule has 0 atom stereocenters. The average molecular weight is 139 g/mol. The van der Waals surface area contributed by atoms with Gasteiger partial charge in [-0.3, -0.25) is 4.99 Å². The van der Waals surface area contributed by atoms with Crippen molar-refractivity contribution in [2.45, 2.75) is 34.6 Å². The molecule has 0 spiro atoms. The average Bonchev–Trinajstić information content (AvgIpc) is 2.25. The van der Waals surface area contributed by atoms with Crippen molar-refractivity contribution in [2.24, 2.45) is 4.99 Å². The molecule has 10 heavy (non-hydrogen) atoms. The molecule has 0 fully saturated rings. The summed E-state index contributed by atoms with van der Waals surface area (Å²) < 4.78 is 0. The summed E-state index contributed by atoms with van der Waals surface area (Å²) in [5.74, 6) is 0. The molecule has 0 saturated heterocycles. The third kappa shape index (κ3) is 1.98. The second-order valence-electron chi connectivity index (χ2n) is 2.31. The summed E-state index contributed by atoms with van der Waals surface area (Å²) in [7, 11) is 0. The Morgan fingerprint density at radius 3 is 1.70 bits per heavy atom. The molecule has 1 nitrogen and oxygen atoms in total. The molecule has 1 heteroatoms. The van der Waals surface area contributed by atoms with Gasteiger partial charge in [-0.15, -0.1) is 0 Å². The summed E-state index contributed by atoms with van der Waals surface area (Å²) in [6, 6.07) is 0. The van der Waals surface area contributed by atoms with Gasteiger partial charge in [0.15, 0.2) is 0 Å². The van der Waals surface area contributed by atoms with Crippen LogP contribution in [-0.2, 0) is 0 Å². The molecule has 0 aromatic heterocycles. The molecule has 0 amide bonds. The van der Waals surface area contributed by atoms with E-state index in [1.807, 2.05) is 13.8 Å². The van der Waals surface area contributed by atoms with Crippen LogP contribution in [0.3, 0.4) is 0 Å². The Kier molecular flexibility index (Phi) is 4.01. The molecule has 0 N–H and O–H groups in total. The molecule has 1 aliphatic heterocycles. The summed E-state index contributed by atoms with van der Waals surface area (Å²) >= 11 is 0. The molecular weight excluding hydrogens is 122 g/mol. The molecule has 0 saturated carbocycles. The van der Waals surface area contributed by atoms with Crippen LogP contribution in [0, 0.1) is 0 Å². The van der Waals surface area contributed by atoms with Crippen LogP contribution in [0.15, 0.2) is 16.1 Å². The van der Waals surface area contributed by atoms with Crippen molar-refractivity contribution in [1.82, 2.24) is 0 Å². The van der Waals surface area contributed by atoms with Crippen LogP contribution in [0.5, 0.6) is 0 Å². The number of allylic oxidation sites excluding steroid dienone is 1. The minimum absolute atomic E-state index is 0.928. The van der Waals surface area contributed by atoms with Gasteiger partial charge in [0.05, 0.1) is 6.54 Å². The highest BCUT2D eigenvalue weighted by molar-refractivity contribution is 6.00. The normalized spacial score (nSPS) is 16.3. The number of hydrogen-bond acceptors (Lipinski definition) is 1. The maximum Gasteiger partial charge on any atom is 0.0606 e. The van der Waals surface area contributed by atoms with Crippen molar-refractivity contribution >= 4 is 5.71 Å². The van der Waals surface area contributed by atoms with E-state index < -0.39 is 0 Å². The fourth-order valence-electron chi connectivity index (χ4n) is 0.783. The summed E-state index contributed by atoms with van der Waals surface area (Å²) in [4.78, 5) is 4.24. The van der Waals surface area contributed by atoms with Crippen molar-refractivity contribution in [3.63, 3.8) is 0 Å². The second kappa shape index (κ2) is 4.26. The predicted molar refractivity (Wildman–Crippen MR) is 47.7 cm³/mol. The SMILES string of the molecule is CC.CC1=NCC(C)=C1C. The Labute approximate surface area is 63.9 Å². The van der Waals surface area contributed by atoms with E-state index in [0.717, 1.165) is 6.54 Å². The predicted octanol–water partition coefficient (Wildman–Crippen LogP) is 2.82. The smallest absolute Gasteiger partial charge is 0.0606 e. The van der Waals surface area contributed by atoms with Crippen molar-refractivity contribution in [3.05, 3.63) is 11.1 Å². The minimum Gasteiger partial charge on any atom is -0.285 e. The quantitative estimate of drug-likeness (QED) is 0.489. The fraction of sp³-hybridized carbons (Fsp3) is 0.667. The highest BCUT2D eigenvalue weighted by Gasteiger charge is 2.05. The first-order valence-corrected chi connectivity index (χ1v) is 3.89. The summed E-state index contributed by atoms with van der Waals surface area (Å²) in [6.45, 7) is 11.2. The van der Waals surface area contributed by atoms with Crippen molar-refractivity contribution in [2.75, 3.05) is 6.54 Å². The third-order valence-corrected chi connectivity index (χ3v) is 1.74. The van der Waals surface area contributed by atoms with Gasteiger partial charge in [-0.1, -0.05) is 13.8 Å². The molecule has 0 aromatic rings. The van der Waals surface area contributed by atoms with E-state index in [4.69, 9.17) is 0 Å². The second-order valence-corrected chi connectivity index (χ2v) is 2.31. The maximum absolute atomic E-state index is 4.24. The Hall–Kier alpha value is -0.590. The Morgan fingerprint density at radius 1 is 1.10 bits per heavy atom. The van der Waals surface area contributed by atoms with Gasteiger partial charge in [-0.05, 0) is 31.9 Å².